The zero-order valence-corrected chi connectivity index (χ0v) is 21.6. The van der Waals surface area contributed by atoms with Crippen LogP contribution in [0.25, 0.3) is 21.8 Å². The number of carboxylic acids is 1. The van der Waals surface area contributed by atoms with E-state index < -0.39 is 5.97 Å². The molecule has 9 heteroatoms. The van der Waals surface area contributed by atoms with Crippen LogP contribution in [0, 0.1) is 0 Å². The lowest BCUT2D eigenvalue weighted by atomic mass is 10.00. The van der Waals surface area contributed by atoms with Gasteiger partial charge in [0.05, 0.1) is 40.7 Å². The number of H-pyrrole nitrogens is 1. The highest BCUT2D eigenvalue weighted by Crippen LogP contribution is 2.33. The van der Waals surface area contributed by atoms with E-state index in [2.05, 4.69) is 9.88 Å². The first-order valence-corrected chi connectivity index (χ1v) is 13.1. The quantitative estimate of drug-likeness (QED) is 0.231. The fraction of sp³-hybridized carbons (Fsp3) is 0.194. The second-order valence-corrected chi connectivity index (χ2v) is 10.1. The Hall–Kier alpha value is -4.73. The van der Waals surface area contributed by atoms with Gasteiger partial charge in [-0.25, -0.2) is 9.79 Å². The highest BCUT2D eigenvalue weighted by molar-refractivity contribution is 6.22. The van der Waals surface area contributed by atoms with Gasteiger partial charge in [-0.3, -0.25) is 14.3 Å². The number of nitrogens with zero attached hydrogens (tertiary/aromatic N) is 3. The van der Waals surface area contributed by atoms with E-state index in [0.29, 0.717) is 53.8 Å². The van der Waals surface area contributed by atoms with Crippen molar-refractivity contribution >= 4 is 45.1 Å². The normalized spacial score (nSPS) is 15.2. The number of carbonyl (C=O) groups is 2. The lowest BCUT2D eigenvalue weighted by Crippen LogP contribution is -2.40. The number of aromatic nitrogens is 2. The standard InChI is InChI=1S/C31H28N4O5/c36-23-11-13-34(14-12-23)18-27(37)35-15-10-20-16-22(7-9-26(20)35)32-29(19-4-2-1-3-5-19)28-24-8-6-21(31(39)40)17-25(24)33-30(28)38/h1-10,15-17,23,33,36,38H,11-14,18H2,(H,39,40). The van der Waals surface area contributed by atoms with E-state index in [1.165, 1.54) is 12.1 Å². The number of aromatic hydroxyl groups is 1. The van der Waals surface area contributed by atoms with Crippen molar-refractivity contribution in [2.45, 2.75) is 18.9 Å². The summed E-state index contributed by atoms with van der Waals surface area (Å²) in [7, 11) is 0. The third-order valence-corrected chi connectivity index (χ3v) is 7.41. The van der Waals surface area contributed by atoms with E-state index in [1.807, 2.05) is 54.6 Å². The number of nitrogens with one attached hydrogen (secondary N) is 1. The number of carboxylic acid groups (broad SMARTS) is 1. The molecule has 2 aromatic heterocycles. The average molecular weight is 537 g/mol. The Kier molecular flexibility index (Phi) is 6.67. The molecular weight excluding hydrogens is 508 g/mol. The van der Waals surface area contributed by atoms with Crippen LogP contribution in [0.2, 0.25) is 0 Å². The molecule has 40 heavy (non-hydrogen) atoms. The number of aromatic amines is 1. The second kappa shape index (κ2) is 10.4. The number of carbonyl (C=O) groups excluding carboxylic acids is 1. The van der Waals surface area contributed by atoms with E-state index in [-0.39, 0.29) is 30.0 Å². The van der Waals surface area contributed by atoms with Gasteiger partial charge in [0.15, 0.2) is 5.88 Å². The minimum atomic E-state index is -1.05. The van der Waals surface area contributed by atoms with Crippen LogP contribution < -0.4 is 0 Å². The Morgan fingerprint density at radius 2 is 1.73 bits per heavy atom. The van der Waals surface area contributed by atoms with Crippen LogP contribution in [0.4, 0.5) is 5.69 Å². The van der Waals surface area contributed by atoms with E-state index in [9.17, 15) is 24.9 Å². The largest absolute Gasteiger partial charge is 0.494 e. The Labute approximate surface area is 229 Å². The molecule has 4 N–H and O–H groups in total. The molecule has 1 aliphatic rings. The van der Waals surface area contributed by atoms with Crippen LogP contribution in [-0.2, 0) is 0 Å². The summed E-state index contributed by atoms with van der Waals surface area (Å²) in [5, 5.41) is 31.5. The number of benzene rings is 3. The fourth-order valence-electron chi connectivity index (χ4n) is 5.31. The maximum Gasteiger partial charge on any atom is 0.335 e. The van der Waals surface area contributed by atoms with Gasteiger partial charge in [0, 0.05) is 41.1 Å². The van der Waals surface area contributed by atoms with E-state index in [4.69, 9.17) is 4.99 Å². The van der Waals surface area contributed by atoms with Gasteiger partial charge in [-0.1, -0.05) is 36.4 Å². The SMILES string of the molecule is O=C(O)c1ccc2c(C(=Nc3ccc4c(ccn4C(=O)CN4CCC(O)CC4)c3)c3ccccc3)c(O)[nH]c2c1. The number of rotatable bonds is 6. The molecular formula is C31H28N4O5. The third-order valence-electron chi connectivity index (χ3n) is 7.41. The van der Waals surface area contributed by atoms with Crippen LogP contribution >= 0.6 is 0 Å². The predicted octanol–water partition coefficient (Wildman–Crippen LogP) is 4.79. The van der Waals surface area contributed by atoms with Crippen molar-refractivity contribution in [1.29, 1.82) is 0 Å². The summed E-state index contributed by atoms with van der Waals surface area (Å²) in [6.45, 7) is 1.69. The summed E-state index contributed by atoms with van der Waals surface area (Å²) in [4.78, 5) is 34.4. The molecule has 1 fully saturated rings. The lowest BCUT2D eigenvalue weighted by molar-refractivity contribution is 0.0664. The van der Waals surface area contributed by atoms with Crippen molar-refractivity contribution in [3.8, 4) is 5.88 Å². The number of aliphatic hydroxyl groups is 1. The van der Waals surface area contributed by atoms with Gasteiger partial charge in [-0.2, -0.15) is 0 Å². The molecule has 0 aliphatic carbocycles. The molecule has 9 nitrogen and oxygen atoms in total. The zero-order valence-electron chi connectivity index (χ0n) is 21.6. The molecule has 3 aromatic carbocycles. The molecule has 5 aromatic rings. The highest BCUT2D eigenvalue weighted by atomic mass is 16.4. The number of hydrogen-bond donors (Lipinski definition) is 4. The smallest absolute Gasteiger partial charge is 0.335 e. The summed E-state index contributed by atoms with van der Waals surface area (Å²) in [6, 6.07) is 21.6. The van der Waals surface area contributed by atoms with Crippen molar-refractivity contribution in [2.75, 3.05) is 19.6 Å². The minimum absolute atomic E-state index is 0.0305. The van der Waals surface area contributed by atoms with Gasteiger partial charge in [-0.05, 0) is 49.2 Å². The molecule has 3 heterocycles. The van der Waals surface area contributed by atoms with Gasteiger partial charge in [0.25, 0.3) is 0 Å². The van der Waals surface area contributed by atoms with E-state index in [0.717, 1.165) is 16.5 Å². The summed E-state index contributed by atoms with van der Waals surface area (Å²) >= 11 is 0. The van der Waals surface area contributed by atoms with Gasteiger partial charge in [0.2, 0.25) is 5.91 Å². The molecule has 0 spiro atoms. The Morgan fingerprint density at radius 3 is 2.48 bits per heavy atom. The second-order valence-electron chi connectivity index (χ2n) is 10.1. The number of piperidine rings is 1. The number of aromatic carboxylic acids is 1. The number of likely N-dealkylation sites (tertiary alicyclic amines) is 1. The van der Waals surface area contributed by atoms with Crippen molar-refractivity contribution < 1.29 is 24.9 Å². The number of fused-ring (bicyclic) bond motifs is 2. The van der Waals surface area contributed by atoms with Crippen LogP contribution in [0.15, 0.2) is 84.0 Å². The third kappa shape index (κ3) is 4.88. The minimum Gasteiger partial charge on any atom is -0.494 e. The molecule has 0 unspecified atom stereocenters. The first kappa shape index (κ1) is 25.5. The maximum atomic E-state index is 13.1. The topological polar surface area (TPSA) is 131 Å². The Bertz CT molecular complexity index is 1760. The first-order valence-electron chi connectivity index (χ1n) is 13.1. The molecule has 1 aliphatic heterocycles. The summed E-state index contributed by atoms with van der Waals surface area (Å²) < 4.78 is 1.65. The van der Waals surface area contributed by atoms with E-state index in [1.54, 1.807) is 16.8 Å². The zero-order chi connectivity index (χ0) is 27.8. The van der Waals surface area contributed by atoms with Gasteiger partial charge < -0.3 is 20.3 Å². The summed E-state index contributed by atoms with van der Waals surface area (Å²) in [5.41, 5.74) is 3.79. The molecule has 0 radical (unpaired) electrons. The van der Waals surface area contributed by atoms with Crippen molar-refractivity contribution in [1.82, 2.24) is 14.5 Å². The van der Waals surface area contributed by atoms with Gasteiger partial charge >= 0.3 is 5.97 Å². The highest BCUT2D eigenvalue weighted by Gasteiger charge is 2.22. The molecule has 6 rings (SSSR count). The molecule has 1 saturated heterocycles. The van der Waals surface area contributed by atoms with Crippen LogP contribution in [-0.4, -0.2) is 73.1 Å². The molecule has 0 saturated carbocycles. The van der Waals surface area contributed by atoms with Crippen molar-refractivity contribution in [3.63, 3.8) is 0 Å². The lowest BCUT2D eigenvalue weighted by Gasteiger charge is -2.28. The molecule has 0 atom stereocenters. The maximum absolute atomic E-state index is 13.1. The Balaban J connectivity index is 1.38. The Morgan fingerprint density at radius 1 is 0.950 bits per heavy atom. The summed E-state index contributed by atoms with van der Waals surface area (Å²) in [6.07, 6.45) is 2.84. The van der Waals surface area contributed by atoms with Gasteiger partial charge in [0.1, 0.15) is 0 Å². The van der Waals surface area contributed by atoms with E-state index >= 15 is 0 Å². The van der Waals surface area contributed by atoms with Crippen molar-refractivity contribution in [2.24, 2.45) is 4.99 Å². The predicted molar refractivity (Wildman–Crippen MR) is 153 cm³/mol. The first-order chi connectivity index (χ1) is 19.4. The molecule has 202 valence electrons. The van der Waals surface area contributed by atoms with Crippen molar-refractivity contribution in [3.05, 3.63) is 95.7 Å². The van der Waals surface area contributed by atoms with Crippen LogP contribution in [0.5, 0.6) is 5.88 Å². The number of hydrogen-bond acceptors (Lipinski definition) is 6. The van der Waals surface area contributed by atoms with Gasteiger partial charge in [-0.15, -0.1) is 0 Å². The van der Waals surface area contributed by atoms with Crippen LogP contribution in [0.1, 0.15) is 39.1 Å². The summed E-state index contributed by atoms with van der Waals surface area (Å²) in [5.74, 6) is -1.19. The fourth-order valence-corrected chi connectivity index (χ4v) is 5.31. The molecule has 0 bridgehead atoms. The number of aliphatic hydroxyl groups excluding tert-OH is 1. The monoisotopic (exact) mass is 536 g/mol. The average Bonchev–Trinajstić information content (AvgIpc) is 3.53. The molecule has 0 amide bonds. The van der Waals surface area contributed by atoms with Crippen LogP contribution in [0.3, 0.4) is 0 Å². The number of aliphatic imine (C=N–C) groups is 1.